The van der Waals surface area contributed by atoms with Gasteiger partial charge in [0.1, 0.15) is 5.82 Å². The zero-order chi connectivity index (χ0) is 17.6. The molecule has 0 saturated heterocycles. The minimum Gasteiger partial charge on any atom is -0.370 e. The molecule has 0 aliphatic heterocycles. The van der Waals surface area contributed by atoms with Crippen molar-refractivity contribution >= 4 is 17.6 Å². The van der Waals surface area contributed by atoms with Crippen molar-refractivity contribution in [3.8, 4) is 0 Å². The van der Waals surface area contributed by atoms with Crippen molar-refractivity contribution in [2.24, 2.45) is 10.7 Å². The molecule has 3 N–H and O–H groups in total. The van der Waals surface area contributed by atoms with Gasteiger partial charge in [0.2, 0.25) is 0 Å². The van der Waals surface area contributed by atoms with Crippen molar-refractivity contribution < 1.29 is 4.39 Å². The Morgan fingerprint density at radius 3 is 2.79 bits per heavy atom. The first-order chi connectivity index (χ1) is 11.4. The summed E-state index contributed by atoms with van der Waals surface area (Å²) in [4.78, 5) is 8.63. The van der Waals surface area contributed by atoms with Crippen LogP contribution in [0.15, 0.2) is 47.6 Å². The Balaban J connectivity index is 1.90. The SMILES string of the molecule is CC(C)(CN=C(N)NCCc1ccccn1)c1ccc(F)cc1Cl. The summed E-state index contributed by atoms with van der Waals surface area (Å²) in [6.07, 6.45) is 2.53. The van der Waals surface area contributed by atoms with Gasteiger partial charge in [-0.05, 0) is 29.8 Å². The number of nitrogens with zero attached hydrogens (tertiary/aromatic N) is 2. The van der Waals surface area contributed by atoms with Crippen molar-refractivity contribution in [2.45, 2.75) is 25.7 Å². The Labute approximate surface area is 147 Å². The summed E-state index contributed by atoms with van der Waals surface area (Å²) >= 11 is 6.14. The van der Waals surface area contributed by atoms with Gasteiger partial charge in [0.25, 0.3) is 0 Å². The van der Waals surface area contributed by atoms with Gasteiger partial charge in [-0.15, -0.1) is 0 Å². The molecule has 0 bridgehead atoms. The van der Waals surface area contributed by atoms with E-state index in [1.807, 2.05) is 32.0 Å². The van der Waals surface area contributed by atoms with Crippen molar-refractivity contribution in [3.63, 3.8) is 0 Å². The maximum Gasteiger partial charge on any atom is 0.188 e. The van der Waals surface area contributed by atoms with Gasteiger partial charge in [0.05, 0.1) is 6.54 Å². The van der Waals surface area contributed by atoms with Crippen LogP contribution in [0.5, 0.6) is 0 Å². The molecule has 2 aromatic rings. The second-order valence-electron chi connectivity index (χ2n) is 6.21. The number of aromatic nitrogens is 1. The fraction of sp³-hybridized carbons (Fsp3) is 0.333. The number of halogens is 2. The summed E-state index contributed by atoms with van der Waals surface area (Å²) in [5.74, 6) is 0.0241. The largest absolute Gasteiger partial charge is 0.370 e. The molecule has 0 amide bonds. The van der Waals surface area contributed by atoms with Crippen LogP contribution in [-0.4, -0.2) is 24.0 Å². The average molecular weight is 349 g/mol. The molecular weight excluding hydrogens is 327 g/mol. The smallest absolute Gasteiger partial charge is 0.188 e. The highest BCUT2D eigenvalue weighted by molar-refractivity contribution is 6.31. The maximum atomic E-state index is 13.2. The molecule has 0 fully saturated rings. The lowest BCUT2D eigenvalue weighted by molar-refractivity contribution is 0.536. The number of nitrogens with two attached hydrogens (primary N) is 1. The molecule has 1 heterocycles. The van der Waals surface area contributed by atoms with E-state index in [4.69, 9.17) is 17.3 Å². The molecule has 0 radical (unpaired) electrons. The maximum absolute atomic E-state index is 13.2. The highest BCUT2D eigenvalue weighted by atomic mass is 35.5. The van der Waals surface area contributed by atoms with Crippen LogP contribution >= 0.6 is 11.6 Å². The van der Waals surface area contributed by atoms with Crippen molar-refractivity contribution in [1.29, 1.82) is 0 Å². The molecule has 1 aromatic heterocycles. The van der Waals surface area contributed by atoms with E-state index < -0.39 is 0 Å². The predicted octanol–water partition coefficient (Wildman–Crippen LogP) is 3.30. The van der Waals surface area contributed by atoms with Gasteiger partial charge in [-0.3, -0.25) is 9.98 Å². The molecule has 2 rings (SSSR count). The minimum absolute atomic E-state index is 0.348. The molecule has 0 saturated carbocycles. The topological polar surface area (TPSA) is 63.3 Å². The lowest BCUT2D eigenvalue weighted by atomic mass is 9.84. The second kappa shape index (κ2) is 8.11. The first kappa shape index (κ1) is 18.2. The Morgan fingerprint density at radius 1 is 1.33 bits per heavy atom. The van der Waals surface area contributed by atoms with E-state index >= 15 is 0 Å². The van der Waals surface area contributed by atoms with Crippen molar-refractivity contribution in [1.82, 2.24) is 10.3 Å². The van der Waals surface area contributed by atoms with Gasteiger partial charge in [-0.1, -0.05) is 37.6 Å². The molecule has 0 unspecified atom stereocenters. The summed E-state index contributed by atoms with van der Waals surface area (Å²) < 4.78 is 13.2. The number of benzene rings is 1. The highest BCUT2D eigenvalue weighted by Gasteiger charge is 2.23. The predicted molar refractivity (Wildman–Crippen MR) is 96.9 cm³/mol. The van der Waals surface area contributed by atoms with E-state index in [1.54, 1.807) is 12.3 Å². The van der Waals surface area contributed by atoms with Crippen molar-refractivity contribution in [3.05, 3.63) is 64.7 Å². The van der Waals surface area contributed by atoms with E-state index in [2.05, 4.69) is 15.3 Å². The molecule has 0 aliphatic carbocycles. The van der Waals surface area contributed by atoms with E-state index in [0.717, 1.165) is 17.7 Å². The minimum atomic E-state index is -0.349. The van der Waals surface area contributed by atoms with E-state index in [9.17, 15) is 4.39 Å². The molecule has 128 valence electrons. The molecular formula is C18H22ClFN4. The average Bonchev–Trinajstić information content (AvgIpc) is 2.54. The summed E-state index contributed by atoms with van der Waals surface area (Å²) in [5.41, 5.74) is 7.40. The van der Waals surface area contributed by atoms with E-state index in [1.165, 1.54) is 12.1 Å². The van der Waals surface area contributed by atoms with Gasteiger partial charge < -0.3 is 11.1 Å². The Kier molecular flexibility index (Phi) is 6.15. The summed E-state index contributed by atoms with van der Waals surface area (Å²) in [6, 6.07) is 10.2. The first-order valence-corrected chi connectivity index (χ1v) is 8.15. The van der Waals surface area contributed by atoms with Gasteiger partial charge >= 0.3 is 0 Å². The lowest BCUT2D eigenvalue weighted by Gasteiger charge is -2.24. The monoisotopic (exact) mass is 348 g/mol. The van der Waals surface area contributed by atoms with Crippen LogP contribution in [0.25, 0.3) is 0 Å². The molecule has 24 heavy (non-hydrogen) atoms. The fourth-order valence-corrected chi connectivity index (χ4v) is 2.75. The normalized spacial score (nSPS) is 12.2. The standard InChI is InChI=1S/C18H22ClFN4/c1-18(2,15-7-6-13(20)11-16(15)19)12-24-17(21)23-10-8-14-5-3-4-9-22-14/h3-7,9,11H,8,10,12H2,1-2H3,(H3,21,23,24). The number of nitrogens with one attached hydrogen (secondary N) is 1. The molecule has 4 nitrogen and oxygen atoms in total. The van der Waals surface area contributed by atoms with Crippen LogP contribution in [0.2, 0.25) is 5.02 Å². The number of hydrogen-bond donors (Lipinski definition) is 2. The molecule has 0 spiro atoms. The molecule has 0 atom stereocenters. The van der Waals surface area contributed by atoms with Crippen LogP contribution in [0.1, 0.15) is 25.1 Å². The number of hydrogen-bond acceptors (Lipinski definition) is 2. The van der Waals surface area contributed by atoms with Gasteiger partial charge in [-0.2, -0.15) is 0 Å². The zero-order valence-electron chi connectivity index (χ0n) is 13.9. The number of aliphatic imine (C=N–C) groups is 1. The third-order valence-corrected chi connectivity index (χ3v) is 4.03. The summed E-state index contributed by atoms with van der Waals surface area (Å²) in [6.45, 7) is 5.10. The van der Waals surface area contributed by atoms with Crippen LogP contribution < -0.4 is 11.1 Å². The van der Waals surface area contributed by atoms with E-state index in [0.29, 0.717) is 24.1 Å². The molecule has 0 aliphatic rings. The summed E-state index contributed by atoms with van der Waals surface area (Å²) in [5, 5.41) is 3.47. The Bertz CT molecular complexity index is 701. The van der Waals surface area contributed by atoms with Gasteiger partial charge in [-0.25, -0.2) is 4.39 Å². The number of rotatable bonds is 6. The van der Waals surface area contributed by atoms with Crippen molar-refractivity contribution in [2.75, 3.05) is 13.1 Å². The van der Waals surface area contributed by atoms with E-state index in [-0.39, 0.29) is 11.2 Å². The van der Waals surface area contributed by atoms with Crippen LogP contribution in [0, 0.1) is 5.82 Å². The highest BCUT2D eigenvalue weighted by Crippen LogP contribution is 2.30. The zero-order valence-corrected chi connectivity index (χ0v) is 14.6. The third-order valence-electron chi connectivity index (χ3n) is 3.72. The lowest BCUT2D eigenvalue weighted by Crippen LogP contribution is -2.35. The molecule has 6 heteroatoms. The summed E-state index contributed by atoms with van der Waals surface area (Å²) in [7, 11) is 0. The number of pyridine rings is 1. The first-order valence-electron chi connectivity index (χ1n) is 7.78. The van der Waals surface area contributed by atoms with Crippen LogP contribution in [-0.2, 0) is 11.8 Å². The van der Waals surface area contributed by atoms with Gasteiger partial charge in [0, 0.05) is 35.3 Å². The Morgan fingerprint density at radius 2 is 2.12 bits per heavy atom. The van der Waals surface area contributed by atoms with Crippen LogP contribution in [0.3, 0.4) is 0 Å². The van der Waals surface area contributed by atoms with Crippen LogP contribution in [0.4, 0.5) is 4.39 Å². The third kappa shape index (κ3) is 5.20. The second-order valence-corrected chi connectivity index (χ2v) is 6.61. The Hall–Kier alpha value is -2.14. The van der Waals surface area contributed by atoms with Gasteiger partial charge in [0.15, 0.2) is 5.96 Å². The number of guanidine groups is 1. The quantitative estimate of drug-likeness (QED) is 0.622. The molecule has 1 aromatic carbocycles. The fourth-order valence-electron chi connectivity index (χ4n) is 2.33.